The van der Waals surface area contributed by atoms with Crippen LogP contribution in [0.1, 0.15) is 30.0 Å². The highest BCUT2D eigenvalue weighted by molar-refractivity contribution is 5.56. The maximum absolute atomic E-state index is 5.77. The molecule has 5 rings (SSSR count). The van der Waals surface area contributed by atoms with E-state index in [9.17, 15) is 0 Å². The minimum atomic E-state index is 0.411. The Balaban J connectivity index is 1.32. The Morgan fingerprint density at radius 1 is 1.07 bits per heavy atom. The maximum Gasteiger partial charge on any atom is 0.161 e. The third kappa shape index (κ3) is 3.36. The van der Waals surface area contributed by atoms with Crippen molar-refractivity contribution in [1.82, 2.24) is 19.7 Å². The molecule has 2 aliphatic heterocycles. The van der Waals surface area contributed by atoms with E-state index < -0.39 is 0 Å². The molecule has 3 aromatic rings. The number of hydrogen-bond acceptors (Lipinski definition) is 5. The molecule has 1 saturated heterocycles. The molecule has 0 unspecified atom stereocenters. The van der Waals surface area contributed by atoms with Crippen LogP contribution in [0.3, 0.4) is 0 Å². The van der Waals surface area contributed by atoms with E-state index in [1.165, 1.54) is 24.0 Å². The SMILES string of the molecule is Cn1cc(-c2ccc(CN3CCC[C@H]3c3ccc4c(c3)OCCO4)cn2)cn1. The van der Waals surface area contributed by atoms with Crippen LogP contribution in [-0.2, 0) is 13.6 Å². The van der Waals surface area contributed by atoms with Gasteiger partial charge in [-0.2, -0.15) is 5.10 Å². The monoisotopic (exact) mass is 376 g/mol. The zero-order chi connectivity index (χ0) is 18.9. The molecule has 144 valence electrons. The van der Waals surface area contributed by atoms with Gasteiger partial charge in [0.05, 0.1) is 11.9 Å². The molecule has 0 saturated carbocycles. The van der Waals surface area contributed by atoms with Crippen LogP contribution >= 0.6 is 0 Å². The lowest BCUT2D eigenvalue weighted by Gasteiger charge is -2.26. The average molecular weight is 376 g/mol. The Hall–Kier alpha value is -2.86. The van der Waals surface area contributed by atoms with Crippen LogP contribution in [0.4, 0.5) is 0 Å². The van der Waals surface area contributed by atoms with Crippen molar-refractivity contribution in [3.05, 3.63) is 60.0 Å². The van der Waals surface area contributed by atoms with Crippen LogP contribution in [-0.4, -0.2) is 39.4 Å². The summed E-state index contributed by atoms with van der Waals surface area (Å²) in [6.07, 6.45) is 8.20. The summed E-state index contributed by atoms with van der Waals surface area (Å²) in [6.45, 7) is 3.26. The van der Waals surface area contributed by atoms with Crippen LogP contribution in [0.2, 0.25) is 0 Å². The van der Waals surface area contributed by atoms with E-state index in [0.29, 0.717) is 19.3 Å². The quantitative estimate of drug-likeness (QED) is 0.697. The van der Waals surface area contributed by atoms with Gasteiger partial charge in [0, 0.05) is 37.6 Å². The fourth-order valence-corrected chi connectivity index (χ4v) is 4.14. The first kappa shape index (κ1) is 17.3. The number of pyridine rings is 1. The third-order valence-corrected chi connectivity index (χ3v) is 5.53. The summed E-state index contributed by atoms with van der Waals surface area (Å²) in [6, 6.07) is 11.1. The second kappa shape index (κ2) is 7.28. The van der Waals surface area contributed by atoms with Gasteiger partial charge in [-0.15, -0.1) is 0 Å². The normalized spacial score (nSPS) is 19.1. The highest BCUT2D eigenvalue weighted by atomic mass is 16.6. The van der Waals surface area contributed by atoms with E-state index in [2.05, 4.69) is 39.2 Å². The maximum atomic E-state index is 5.77. The van der Waals surface area contributed by atoms with Gasteiger partial charge in [0.25, 0.3) is 0 Å². The number of aromatic nitrogens is 3. The lowest BCUT2D eigenvalue weighted by Crippen LogP contribution is -2.23. The predicted molar refractivity (Wildman–Crippen MR) is 106 cm³/mol. The van der Waals surface area contributed by atoms with Gasteiger partial charge in [-0.25, -0.2) is 0 Å². The Kier molecular flexibility index (Phi) is 4.49. The molecular formula is C22H24N4O2. The highest BCUT2D eigenvalue weighted by Crippen LogP contribution is 2.38. The van der Waals surface area contributed by atoms with Gasteiger partial charge in [-0.3, -0.25) is 14.6 Å². The van der Waals surface area contributed by atoms with Crippen LogP contribution in [0.5, 0.6) is 11.5 Å². The minimum absolute atomic E-state index is 0.411. The van der Waals surface area contributed by atoms with Crippen LogP contribution in [0.15, 0.2) is 48.9 Å². The van der Waals surface area contributed by atoms with Crippen molar-refractivity contribution in [2.45, 2.75) is 25.4 Å². The highest BCUT2D eigenvalue weighted by Gasteiger charge is 2.27. The second-order valence-electron chi connectivity index (χ2n) is 7.49. The van der Waals surface area contributed by atoms with Crippen molar-refractivity contribution in [2.24, 2.45) is 7.05 Å². The largest absolute Gasteiger partial charge is 0.486 e. The number of aryl methyl sites for hydroxylation is 1. The minimum Gasteiger partial charge on any atom is -0.486 e. The van der Waals surface area contributed by atoms with Crippen LogP contribution < -0.4 is 9.47 Å². The summed E-state index contributed by atoms with van der Waals surface area (Å²) in [4.78, 5) is 7.18. The molecule has 0 radical (unpaired) electrons. The Bertz CT molecular complexity index is 967. The molecule has 1 atom stereocenters. The molecule has 2 aliphatic rings. The van der Waals surface area contributed by atoms with E-state index in [1.54, 1.807) is 4.68 Å². The fraction of sp³-hybridized carbons (Fsp3) is 0.364. The van der Waals surface area contributed by atoms with Gasteiger partial charge in [0.1, 0.15) is 13.2 Å². The van der Waals surface area contributed by atoms with Gasteiger partial charge in [0.2, 0.25) is 0 Å². The van der Waals surface area contributed by atoms with Crippen molar-refractivity contribution >= 4 is 0 Å². The average Bonchev–Trinajstić information content (AvgIpc) is 3.37. The molecule has 0 amide bonds. The number of benzene rings is 1. The van der Waals surface area contributed by atoms with Gasteiger partial charge < -0.3 is 9.47 Å². The zero-order valence-electron chi connectivity index (χ0n) is 16.0. The smallest absolute Gasteiger partial charge is 0.161 e. The van der Waals surface area contributed by atoms with Gasteiger partial charge in [-0.1, -0.05) is 12.1 Å². The first-order valence-electron chi connectivity index (χ1n) is 9.84. The lowest BCUT2D eigenvalue weighted by atomic mass is 10.0. The third-order valence-electron chi connectivity index (χ3n) is 5.53. The molecule has 4 heterocycles. The number of nitrogens with zero attached hydrogens (tertiary/aromatic N) is 4. The topological polar surface area (TPSA) is 52.4 Å². The van der Waals surface area contributed by atoms with E-state index >= 15 is 0 Å². The molecule has 0 bridgehead atoms. The van der Waals surface area contributed by atoms with E-state index in [4.69, 9.17) is 9.47 Å². The van der Waals surface area contributed by atoms with Crippen molar-refractivity contribution in [3.8, 4) is 22.8 Å². The number of likely N-dealkylation sites (tertiary alicyclic amines) is 1. The number of hydrogen-bond donors (Lipinski definition) is 0. The molecule has 0 aliphatic carbocycles. The molecule has 0 N–H and O–H groups in total. The summed E-state index contributed by atoms with van der Waals surface area (Å²) in [5.41, 5.74) is 4.55. The molecule has 6 nitrogen and oxygen atoms in total. The zero-order valence-corrected chi connectivity index (χ0v) is 16.0. The first-order chi connectivity index (χ1) is 13.8. The van der Waals surface area contributed by atoms with Gasteiger partial charge in [0.15, 0.2) is 11.5 Å². The summed E-state index contributed by atoms with van der Waals surface area (Å²) in [5.74, 6) is 1.73. The molecule has 1 fully saturated rings. The Morgan fingerprint density at radius 2 is 1.96 bits per heavy atom. The predicted octanol–water partition coefficient (Wildman–Crippen LogP) is 3.59. The molecule has 6 heteroatoms. The summed E-state index contributed by atoms with van der Waals surface area (Å²) in [7, 11) is 1.92. The first-order valence-corrected chi connectivity index (χ1v) is 9.84. The second-order valence-corrected chi connectivity index (χ2v) is 7.49. The van der Waals surface area contributed by atoms with E-state index in [1.807, 2.05) is 31.7 Å². The van der Waals surface area contributed by atoms with Gasteiger partial charge in [-0.05, 0) is 48.7 Å². The molecule has 28 heavy (non-hydrogen) atoms. The summed E-state index contributed by atoms with van der Waals surface area (Å²) in [5, 5.41) is 4.22. The van der Waals surface area contributed by atoms with Gasteiger partial charge >= 0.3 is 0 Å². The number of rotatable bonds is 4. The van der Waals surface area contributed by atoms with Crippen LogP contribution in [0.25, 0.3) is 11.3 Å². The summed E-state index contributed by atoms with van der Waals surface area (Å²) >= 11 is 0. The van der Waals surface area contributed by atoms with Crippen molar-refractivity contribution < 1.29 is 9.47 Å². The Morgan fingerprint density at radius 3 is 2.75 bits per heavy atom. The molecule has 0 spiro atoms. The molecule has 1 aromatic carbocycles. The Labute approximate surface area is 164 Å². The van der Waals surface area contributed by atoms with Crippen molar-refractivity contribution in [3.63, 3.8) is 0 Å². The van der Waals surface area contributed by atoms with Crippen molar-refractivity contribution in [1.29, 1.82) is 0 Å². The van der Waals surface area contributed by atoms with E-state index in [-0.39, 0.29) is 0 Å². The molecular weight excluding hydrogens is 352 g/mol. The van der Waals surface area contributed by atoms with E-state index in [0.717, 1.165) is 35.8 Å². The fourth-order valence-electron chi connectivity index (χ4n) is 4.14. The summed E-state index contributed by atoms with van der Waals surface area (Å²) < 4.78 is 13.2. The standard InChI is InChI=1S/C22H24N4O2/c1-25-15-18(13-24-25)19-6-4-16(12-23-19)14-26-8-2-3-20(26)17-5-7-21-22(11-17)28-10-9-27-21/h4-7,11-13,15,20H,2-3,8-10,14H2,1H3/t20-/m0/s1. The molecule has 2 aromatic heterocycles. The number of fused-ring (bicyclic) bond motifs is 1. The van der Waals surface area contributed by atoms with Crippen molar-refractivity contribution in [2.75, 3.05) is 19.8 Å². The van der Waals surface area contributed by atoms with Crippen LogP contribution in [0, 0.1) is 0 Å². The lowest BCUT2D eigenvalue weighted by molar-refractivity contribution is 0.170. The number of ether oxygens (including phenoxy) is 2.